The highest BCUT2D eigenvalue weighted by Crippen LogP contribution is 2.66. The summed E-state index contributed by atoms with van der Waals surface area (Å²) in [4.78, 5) is 24.2. The first-order valence-electron chi connectivity index (χ1n) is 12.1. The molecule has 0 bridgehead atoms. The quantitative estimate of drug-likeness (QED) is 0.643. The third-order valence-electron chi connectivity index (χ3n) is 7.69. The molecule has 1 aromatic heterocycles. The van der Waals surface area contributed by atoms with Crippen molar-refractivity contribution in [2.24, 2.45) is 16.6 Å². The standard InChI is InChI=1S/C27H27F2N5O2S/c1-15-16(2)36-9-8-34(15)24(35)27-12-23(27)26(3,33-25(31)37-27)19-10-17(4-6-20(19)28)11-21(29)22-7-5-18(13-30)14-32-22/h4-7,10-11,14-16,23H,8-9,12H2,1-3H3,(H2,31,33)/b21-11-/t15-,16+,23-,26+,27-/m0/s1. The van der Waals surface area contributed by atoms with Gasteiger partial charge in [0.2, 0.25) is 5.91 Å². The summed E-state index contributed by atoms with van der Waals surface area (Å²) in [5.41, 5.74) is 6.21. The number of aliphatic imine (C=N–C) groups is 1. The lowest BCUT2D eigenvalue weighted by atomic mass is 9.84. The summed E-state index contributed by atoms with van der Waals surface area (Å²) >= 11 is 1.26. The van der Waals surface area contributed by atoms with E-state index in [1.54, 1.807) is 13.0 Å². The highest BCUT2D eigenvalue weighted by atomic mass is 32.2. The molecule has 7 nitrogen and oxygen atoms in total. The number of amides is 1. The van der Waals surface area contributed by atoms with Crippen molar-refractivity contribution in [1.29, 1.82) is 5.26 Å². The number of carbonyl (C=O) groups excluding carboxylic acids is 1. The van der Waals surface area contributed by atoms with Crippen LogP contribution in [-0.4, -0.2) is 51.0 Å². The van der Waals surface area contributed by atoms with Gasteiger partial charge in [0.1, 0.15) is 22.5 Å². The van der Waals surface area contributed by atoms with Crippen molar-refractivity contribution in [3.05, 3.63) is 64.7 Å². The summed E-state index contributed by atoms with van der Waals surface area (Å²) in [5.74, 6) is -1.42. The van der Waals surface area contributed by atoms with E-state index in [2.05, 4.69) is 9.98 Å². The van der Waals surface area contributed by atoms with Crippen molar-refractivity contribution in [3.8, 4) is 6.07 Å². The number of nitrogens with two attached hydrogens (primary N) is 1. The van der Waals surface area contributed by atoms with Gasteiger partial charge in [-0.3, -0.25) is 14.8 Å². The number of hydrogen-bond acceptors (Lipinski definition) is 7. The average Bonchev–Trinajstić information content (AvgIpc) is 3.63. The lowest BCUT2D eigenvalue weighted by Gasteiger charge is -2.41. The van der Waals surface area contributed by atoms with Gasteiger partial charge >= 0.3 is 0 Å². The molecule has 5 atom stereocenters. The van der Waals surface area contributed by atoms with Gasteiger partial charge in [0.05, 0.1) is 35.5 Å². The smallest absolute Gasteiger partial charge is 0.240 e. The molecule has 0 radical (unpaired) electrons. The van der Waals surface area contributed by atoms with Gasteiger partial charge in [0, 0.05) is 24.2 Å². The molecule has 5 rings (SSSR count). The summed E-state index contributed by atoms with van der Waals surface area (Å²) < 4.78 is 35.1. The van der Waals surface area contributed by atoms with Crippen molar-refractivity contribution in [1.82, 2.24) is 9.88 Å². The highest BCUT2D eigenvalue weighted by Gasteiger charge is 2.71. The van der Waals surface area contributed by atoms with Crippen molar-refractivity contribution >= 4 is 34.7 Å². The normalized spacial score (nSPS) is 31.2. The van der Waals surface area contributed by atoms with E-state index in [4.69, 9.17) is 15.7 Å². The third-order valence-corrected chi connectivity index (χ3v) is 8.98. The fourth-order valence-corrected chi connectivity index (χ4v) is 6.79. The van der Waals surface area contributed by atoms with Gasteiger partial charge < -0.3 is 15.4 Å². The van der Waals surface area contributed by atoms with Crippen LogP contribution >= 0.6 is 11.8 Å². The Hall–Kier alpha value is -3.29. The first-order valence-corrected chi connectivity index (χ1v) is 12.9. The van der Waals surface area contributed by atoms with Crippen molar-refractivity contribution in [2.45, 2.75) is 49.6 Å². The van der Waals surface area contributed by atoms with Crippen molar-refractivity contribution in [2.75, 3.05) is 13.2 Å². The van der Waals surface area contributed by atoms with Crippen LogP contribution in [0.4, 0.5) is 8.78 Å². The number of benzene rings is 1. The number of fused-ring (bicyclic) bond motifs is 1. The molecular weight excluding hydrogens is 496 g/mol. The third kappa shape index (κ3) is 4.30. The van der Waals surface area contributed by atoms with Crippen LogP contribution in [0.2, 0.25) is 0 Å². The zero-order chi connectivity index (χ0) is 26.5. The Morgan fingerprint density at radius 1 is 1.35 bits per heavy atom. The minimum absolute atomic E-state index is 0.0244. The fraction of sp³-hybridized carbons (Fsp3) is 0.407. The van der Waals surface area contributed by atoms with E-state index in [1.165, 1.54) is 48.3 Å². The summed E-state index contributed by atoms with van der Waals surface area (Å²) in [6, 6.07) is 9.04. The molecule has 1 saturated heterocycles. The van der Waals surface area contributed by atoms with Crippen LogP contribution in [0.15, 0.2) is 41.5 Å². The van der Waals surface area contributed by atoms with E-state index in [1.807, 2.05) is 24.8 Å². The van der Waals surface area contributed by atoms with Gasteiger partial charge in [0.25, 0.3) is 0 Å². The van der Waals surface area contributed by atoms with Gasteiger partial charge in [-0.1, -0.05) is 17.8 Å². The lowest BCUT2D eigenvalue weighted by Crippen LogP contribution is -2.56. The Balaban J connectivity index is 1.47. The van der Waals surface area contributed by atoms with Crippen LogP contribution in [0, 0.1) is 23.1 Å². The fourth-order valence-electron chi connectivity index (χ4n) is 5.36. The maximum absolute atomic E-state index is 15.3. The lowest BCUT2D eigenvalue weighted by molar-refractivity contribution is -0.144. The second kappa shape index (κ2) is 9.23. The Morgan fingerprint density at radius 3 is 2.84 bits per heavy atom. The van der Waals surface area contributed by atoms with Gasteiger partial charge in [-0.15, -0.1) is 0 Å². The number of ether oxygens (including phenoxy) is 1. The van der Waals surface area contributed by atoms with Crippen LogP contribution in [0.5, 0.6) is 0 Å². The average molecular weight is 524 g/mol. The summed E-state index contributed by atoms with van der Waals surface area (Å²) in [6.07, 6.45) is 2.97. The number of rotatable bonds is 4. The first-order chi connectivity index (χ1) is 17.6. The molecule has 1 aliphatic carbocycles. The summed E-state index contributed by atoms with van der Waals surface area (Å²) in [6.45, 7) is 6.65. The molecule has 37 heavy (non-hydrogen) atoms. The van der Waals surface area contributed by atoms with Crippen molar-refractivity contribution < 1.29 is 18.3 Å². The Bertz CT molecular complexity index is 1360. The zero-order valence-corrected chi connectivity index (χ0v) is 21.6. The molecule has 192 valence electrons. The molecule has 1 amide bonds. The van der Waals surface area contributed by atoms with E-state index in [0.717, 1.165) is 0 Å². The SMILES string of the molecule is C[C@H]1OCCN(C(=O)[C@]23C[C@H]2[C@@](C)(c2cc(/C=C(\F)c4ccc(C#N)cn4)ccc2F)N=C(N)S3)[C@H]1C. The minimum Gasteiger partial charge on any atom is -0.378 e. The van der Waals surface area contributed by atoms with E-state index in [-0.39, 0.29) is 40.4 Å². The number of aromatic nitrogens is 1. The molecule has 3 aliphatic rings. The molecule has 2 fully saturated rings. The van der Waals surface area contributed by atoms with Crippen LogP contribution in [0.3, 0.4) is 0 Å². The number of halogens is 2. The van der Waals surface area contributed by atoms with Crippen LogP contribution in [0.1, 0.15) is 49.6 Å². The maximum Gasteiger partial charge on any atom is 0.240 e. The minimum atomic E-state index is -1.09. The number of amidine groups is 1. The van der Waals surface area contributed by atoms with Crippen LogP contribution in [0.25, 0.3) is 11.9 Å². The number of morpholine rings is 1. The van der Waals surface area contributed by atoms with E-state index in [9.17, 15) is 9.18 Å². The summed E-state index contributed by atoms with van der Waals surface area (Å²) in [7, 11) is 0. The largest absolute Gasteiger partial charge is 0.378 e. The Morgan fingerprint density at radius 2 is 2.14 bits per heavy atom. The number of thioether (sulfide) groups is 1. The molecule has 3 heterocycles. The molecule has 1 saturated carbocycles. The van der Waals surface area contributed by atoms with E-state index in [0.29, 0.717) is 30.7 Å². The molecule has 2 N–H and O–H groups in total. The van der Waals surface area contributed by atoms with Crippen LogP contribution in [-0.2, 0) is 15.1 Å². The monoisotopic (exact) mass is 523 g/mol. The number of nitriles is 1. The second-order valence-corrected chi connectivity index (χ2v) is 11.3. The molecule has 0 spiro atoms. The number of pyridine rings is 1. The summed E-state index contributed by atoms with van der Waals surface area (Å²) in [5, 5.41) is 9.15. The molecule has 0 unspecified atom stereocenters. The highest BCUT2D eigenvalue weighted by molar-refractivity contribution is 8.15. The number of hydrogen-bond donors (Lipinski definition) is 1. The molecule has 2 aliphatic heterocycles. The number of nitrogens with zero attached hydrogens (tertiary/aromatic N) is 4. The predicted molar refractivity (Wildman–Crippen MR) is 138 cm³/mol. The maximum atomic E-state index is 15.3. The van der Waals surface area contributed by atoms with Crippen molar-refractivity contribution in [3.63, 3.8) is 0 Å². The first kappa shape index (κ1) is 25.4. The second-order valence-electron chi connectivity index (χ2n) is 9.94. The molecular formula is C27H27F2N5O2S. The van der Waals surface area contributed by atoms with Gasteiger partial charge in [0.15, 0.2) is 5.17 Å². The van der Waals surface area contributed by atoms with Gasteiger partial charge in [-0.05, 0) is 63.1 Å². The van der Waals surface area contributed by atoms with E-state index < -0.39 is 21.9 Å². The van der Waals surface area contributed by atoms with Crippen LogP contribution < -0.4 is 5.73 Å². The predicted octanol–water partition coefficient (Wildman–Crippen LogP) is 4.23. The number of carbonyl (C=O) groups is 1. The Labute approximate surface area is 218 Å². The molecule has 2 aromatic rings. The molecule has 1 aromatic carbocycles. The Kier molecular flexibility index (Phi) is 6.32. The van der Waals surface area contributed by atoms with E-state index >= 15 is 4.39 Å². The topological polar surface area (TPSA) is 105 Å². The van der Waals surface area contributed by atoms with Gasteiger partial charge in [-0.2, -0.15) is 5.26 Å². The zero-order valence-electron chi connectivity index (χ0n) is 20.7. The van der Waals surface area contributed by atoms with Gasteiger partial charge in [-0.25, -0.2) is 8.78 Å². The molecule has 10 heteroatoms.